The van der Waals surface area contributed by atoms with Gasteiger partial charge in [-0.15, -0.1) is 0 Å². The molecule has 0 bridgehead atoms. The van der Waals surface area contributed by atoms with Gasteiger partial charge in [-0.1, -0.05) is 0 Å². The Balaban J connectivity index is 4.51. The van der Waals surface area contributed by atoms with Gasteiger partial charge in [0.05, 0.1) is 5.84 Å². The standard InChI is InChI=1S/C7H16N6O3/c8-4(9)3(2-13-6(10)16)1-7(11,12)5(14)15/h3H,1-2,11-12H2,(H3,8,9)(H,14,15)(H3,10,13,16). The molecule has 0 fully saturated rings. The van der Waals surface area contributed by atoms with Crippen molar-refractivity contribution in [2.75, 3.05) is 6.54 Å². The molecule has 0 aromatic carbocycles. The predicted molar refractivity (Wildman–Crippen MR) is 56.3 cm³/mol. The van der Waals surface area contributed by atoms with Crippen LogP contribution >= 0.6 is 0 Å². The van der Waals surface area contributed by atoms with Gasteiger partial charge in [0, 0.05) is 18.9 Å². The summed E-state index contributed by atoms with van der Waals surface area (Å²) in [5, 5.41) is 18.1. The van der Waals surface area contributed by atoms with Gasteiger partial charge >= 0.3 is 12.0 Å². The second kappa shape index (κ2) is 5.28. The third kappa shape index (κ3) is 4.57. The lowest BCUT2D eigenvalue weighted by Gasteiger charge is -2.24. The molecule has 0 saturated heterocycles. The van der Waals surface area contributed by atoms with E-state index in [0.717, 1.165) is 0 Å². The highest BCUT2D eigenvalue weighted by Gasteiger charge is 2.33. The van der Waals surface area contributed by atoms with Gasteiger partial charge in [-0.2, -0.15) is 0 Å². The number of carbonyl (C=O) groups excluding carboxylic acids is 1. The van der Waals surface area contributed by atoms with E-state index in [-0.39, 0.29) is 18.8 Å². The first-order valence-electron chi connectivity index (χ1n) is 4.35. The molecular weight excluding hydrogens is 216 g/mol. The summed E-state index contributed by atoms with van der Waals surface area (Å²) in [6, 6.07) is -0.804. The summed E-state index contributed by atoms with van der Waals surface area (Å²) < 4.78 is 0. The van der Waals surface area contributed by atoms with E-state index < -0.39 is 23.6 Å². The third-order valence-electron chi connectivity index (χ3n) is 1.94. The van der Waals surface area contributed by atoms with E-state index in [4.69, 9.17) is 33.5 Å². The number of aliphatic carboxylic acids is 1. The average molecular weight is 232 g/mol. The molecule has 0 aliphatic rings. The van der Waals surface area contributed by atoms with Gasteiger partial charge in [-0.25, -0.2) is 9.59 Å². The highest BCUT2D eigenvalue weighted by atomic mass is 16.4. The smallest absolute Gasteiger partial charge is 0.338 e. The van der Waals surface area contributed by atoms with E-state index in [1.807, 2.05) is 0 Å². The Kier molecular flexibility index (Phi) is 4.66. The van der Waals surface area contributed by atoms with Crippen LogP contribution in [0.15, 0.2) is 0 Å². The molecule has 1 unspecified atom stereocenters. The van der Waals surface area contributed by atoms with Crippen LogP contribution in [0.2, 0.25) is 0 Å². The number of hydrogen-bond acceptors (Lipinski definition) is 5. The lowest BCUT2D eigenvalue weighted by atomic mass is 9.95. The number of urea groups is 1. The molecule has 9 heteroatoms. The monoisotopic (exact) mass is 232 g/mol. The zero-order valence-electron chi connectivity index (χ0n) is 8.56. The Labute approximate surface area is 91.6 Å². The van der Waals surface area contributed by atoms with Crippen molar-refractivity contribution in [3.8, 4) is 0 Å². The minimum Gasteiger partial charge on any atom is -0.479 e. The average Bonchev–Trinajstić information content (AvgIpc) is 2.11. The van der Waals surface area contributed by atoms with Gasteiger partial charge in [-0.05, 0) is 0 Å². The number of primary amides is 1. The number of nitrogens with one attached hydrogen (secondary N) is 2. The first-order valence-corrected chi connectivity index (χ1v) is 4.35. The molecule has 0 aromatic heterocycles. The summed E-state index contributed by atoms with van der Waals surface area (Å²) in [6.07, 6.45) is -0.280. The van der Waals surface area contributed by atoms with Gasteiger partial charge in [0.25, 0.3) is 0 Å². The molecule has 0 spiro atoms. The molecule has 0 aliphatic carbocycles. The number of rotatable bonds is 6. The Morgan fingerprint density at radius 3 is 2.19 bits per heavy atom. The van der Waals surface area contributed by atoms with E-state index in [1.54, 1.807) is 0 Å². The number of carboxylic acid groups (broad SMARTS) is 1. The normalized spacial score (nSPS) is 12.9. The summed E-state index contributed by atoms with van der Waals surface area (Å²) in [6.45, 7) is -0.0892. The topological polar surface area (TPSA) is 194 Å². The molecule has 0 radical (unpaired) electrons. The van der Waals surface area contributed by atoms with E-state index in [9.17, 15) is 9.59 Å². The summed E-state index contributed by atoms with van der Waals surface area (Å²) >= 11 is 0. The fourth-order valence-electron chi connectivity index (χ4n) is 1.01. The number of nitrogens with two attached hydrogens (primary N) is 4. The van der Waals surface area contributed by atoms with E-state index >= 15 is 0 Å². The lowest BCUT2D eigenvalue weighted by Crippen LogP contribution is -2.59. The first-order chi connectivity index (χ1) is 7.16. The number of amidine groups is 1. The van der Waals surface area contributed by atoms with Crippen LogP contribution in [0.1, 0.15) is 6.42 Å². The van der Waals surface area contributed by atoms with Gasteiger partial charge in [0.1, 0.15) is 0 Å². The van der Waals surface area contributed by atoms with Gasteiger partial charge in [0.2, 0.25) is 0 Å². The minimum absolute atomic E-state index is 0.0892. The molecule has 0 heterocycles. The molecule has 0 rings (SSSR count). The molecule has 0 saturated carbocycles. The maximum absolute atomic E-state index is 10.6. The summed E-state index contributed by atoms with van der Waals surface area (Å²) in [5.74, 6) is -2.52. The summed E-state index contributed by atoms with van der Waals surface area (Å²) in [7, 11) is 0. The van der Waals surface area contributed by atoms with Gasteiger partial charge in [-0.3, -0.25) is 5.41 Å². The van der Waals surface area contributed by atoms with E-state index in [0.29, 0.717) is 0 Å². The number of carboxylic acids is 1. The second-order valence-electron chi connectivity index (χ2n) is 3.45. The molecule has 16 heavy (non-hydrogen) atoms. The van der Waals surface area contributed by atoms with Crippen molar-refractivity contribution < 1.29 is 14.7 Å². The van der Waals surface area contributed by atoms with Crippen LogP contribution in [0, 0.1) is 11.3 Å². The fraction of sp³-hybridized carbons (Fsp3) is 0.571. The largest absolute Gasteiger partial charge is 0.479 e. The van der Waals surface area contributed by atoms with Crippen molar-refractivity contribution >= 4 is 17.8 Å². The van der Waals surface area contributed by atoms with E-state index in [2.05, 4.69) is 5.32 Å². The van der Waals surface area contributed by atoms with Crippen LogP contribution in [0.4, 0.5) is 4.79 Å². The van der Waals surface area contributed by atoms with Crippen LogP contribution < -0.4 is 28.3 Å². The predicted octanol–water partition coefficient (Wildman–Crippen LogP) is -2.70. The molecule has 0 aliphatic heterocycles. The van der Waals surface area contributed by atoms with Crippen molar-refractivity contribution in [1.82, 2.24) is 5.32 Å². The molecule has 9 nitrogen and oxygen atoms in total. The molecular formula is C7H16N6O3. The minimum atomic E-state index is -2.00. The molecule has 1 atom stereocenters. The number of amides is 2. The van der Waals surface area contributed by atoms with Crippen molar-refractivity contribution in [2.45, 2.75) is 12.1 Å². The molecule has 92 valence electrons. The maximum Gasteiger partial charge on any atom is 0.338 e. The maximum atomic E-state index is 10.6. The first kappa shape index (κ1) is 14.1. The fourth-order valence-corrected chi connectivity index (χ4v) is 1.01. The Morgan fingerprint density at radius 2 is 1.88 bits per heavy atom. The molecule has 2 amide bonds. The van der Waals surface area contributed by atoms with Crippen LogP contribution in [0.25, 0.3) is 0 Å². The zero-order chi connectivity index (χ0) is 12.9. The van der Waals surface area contributed by atoms with Crippen LogP contribution in [0.5, 0.6) is 0 Å². The number of carbonyl (C=O) groups is 2. The zero-order valence-corrected chi connectivity index (χ0v) is 8.56. The van der Waals surface area contributed by atoms with Crippen molar-refractivity contribution in [2.24, 2.45) is 28.9 Å². The van der Waals surface area contributed by atoms with Gasteiger partial charge in [0.15, 0.2) is 5.66 Å². The Morgan fingerprint density at radius 1 is 1.38 bits per heavy atom. The highest BCUT2D eigenvalue weighted by molar-refractivity contribution is 5.83. The van der Waals surface area contributed by atoms with Crippen molar-refractivity contribution in [3.63, 3.8) is 0 Å². The van der Waals surface area contributed by atoms with Crippen LogP contribution in [0.3, 0.4) is 0 Å². The highest BCUT2D eigenvalue weighted by Crippen LogP contribution is 2.10. The SMILES string of the molecule is N=C(N)C(CNC(N)=O)CC(N)(N)C(=O)O. The molecule has 0 aromatic rings. The number of hydrogen-bond donors (Lipinski definition) is 7. The lowest BCUT2D eigenvalue weighted by molar-refractivity contribution is -0.143. The Bertz CT molecular complexity index is 302. The van der Waals surface area contributed by atoms with Crippen molar-refractivity contribution in [1.29, 1.82) is 5.41 Å². The van der Waals surface area contributed by atoms with Crippen LogP contribution in [-0.2, 0) is 4.79 Å². The summed E-state index contributed by atoms with van der Waals surface area (Å²) in [4.78, 5) is 21.1. The second-order valence-corrected chi connectivity index (χ2v) is 3.45. The summed E-state index contributed by atoms with van der Waals surface area (Å²) in [5.41, 5.74) is 18.6. The Hall–Kier alpha value is -1.87. The van der Waals surface area contributed by atoms with Gasteiger partial charge < -0.3 is 33.4 Å². The quantitative estimate of drug-likeness (QED) is 0.148. The van der Waals surface area contributed by atoms with E-state index in [1.165, 1.54) is 0 Å². The molecule has 11 N–H and O–H groups in total. The van der Waals surface area contributed by atoms with Crippen LogP contribution in [-0.4, -0.2) is 35.2 Å². The van der Waals surface area contributed by atoms with Crippen molar-refractivity contribution in [3.05, 3.63) is 0 Å². The third-order valence-corrected chi connectivity index (χ3v) is 1.94.